The number of benzene rings is 1. The van der Waals surface area contributed by atoms with Crippen molar-refractivity contribution in [3.05, 3.63) is 41.5 Å². The highest BCUT2D eigenvalue weighted by Crippen LogP contribution is 2.19. The molecule has 0 atom stereocenters. The van der Waals surface area contributed by atoms with Crippen LogP contribution in [-0.4, -0.2) is 17.7 Å². The first-order valence-corrected chi connectivity index (χ1v) is 4.72. The molecule has 0 saturated heterocycles. The van der Waals surface area contributed by atoms with E-state index in [1.807, 2.05) is 13.8 Å². The molecule has 0 aliphatic heterocycles. The summed E-state index contributed by atoms with van der Waals surface area (Å²) in [6.07, 6.45) is 0. The number of rotatable bonds is 4. The van der Waals surface area contributed by atoms with E-state index in [-0.39, 0.29) is 5.56 Å². The van der Waals surface area contributed by atoms with Crippen LogP contribution in [0.4, 0.5) is 0 Å². The molecule has 0 spiro atoms. The number of ether oxygens (including phenoxy) is 1. The SMILES string of the molecule is C=C(OCC)c1ccc(C(=O)O)cc1C. The maximum atomic E-state index is 10.7. The van der Waals surface area contributed by atoms with Crippen LogP contribution in [0.5, 0.6) is 0 Å². The van der Waals surface area contributed by atoms with Gasteiger partial charge in [-0.25, -0.2) is 4.79 Å². The van der Waals surface area contributed by atoms with E-state index >= 15 is 0 Å². The molecule has 0 aliphatic carbocycles. The zero-order chi connectivity index (χ0) is 11.4. The van der Waals surface area contributed by atoms with E-state index in [0.717, 1.165) is 11.1 Å². The second kappa shape index (κ2) is 4.64. The fraction of sp³-hybridized carbons (Fsp3) is 0.250. The highest BCUT2D eigenvalue weighted by molar-refractivity contribution is 5.88. The molecule has 1 N–H and O–H groups in total. The molecule has 1 aromatic rings. The minimum Gasteiger partial charge on any atom is -0.494 e. The summed E-state index contributed by atoms with van der Waals surface area (Å²) in [6, 6.07) is 4.88. The summed E-state index contributed by atoms with van der Waals surface area (Å²) < 4.78 is 5.27. The van der Waals surface area contributed by atoms with Crippen LogP contribution in [0.1, 0.15) is 28.4 Å². The van der Waals surface area contributed by atoms with Crippen LogP contribution in [0.25, 0.3) is 5.76 Å². The van der Waals surface area contributed by atoms with Gasteiger partial charge in [-0.3, -0.25) is 0 Å². The van der Waals surface area contributed by atoms with Crippen molar-refractivity contribution in [2.45, 2.75) is 13.8 Å². The molecule has 0 heterocycles. The molecule has 0 unspecified atom stereocenters. The quantitative estimate of drug-likeness (QED) is 0.770. The van der Waals surface area contributed by atoms with E-state index in [1.54, 1.807) is 18.2 Å². The molecule has 1 aromatic carbocycles. The van der Waals surface area contributed by atoms with Crippen LogP contribution in [-0.2, 0) is 4.74 Å². The van der Waals surface area contributed by atoms with Crippen molar-refractivity contribution in [2.24, 2.45) is 0 Å². The number of carboxylic acid groups (broad SMARTS) is 1. The van der Waals surface area contributed by atoms with Crippen LogP contribution in [0.3, 0.4) is 0 Å². The smallest absolute Gasteiger partial charge is 0.335 e. The molecular formula is C12H14O3. The number of aromatic carboxylic acids is 1. The highest BCUT2D eigenvalue weighted by Gasteiger charge is 2.08. The van der Waals surface area contributed by atoms with Gasteiger partial charge in [0.25, 0.3) is 0 Å². The molecule has 0 radical (unpaired) electrons. The Morgan fingerprint density at radius 3 is 2.67 bits per heavy atom. The van der Waals surface area contributed by atoms with Crippen LogP contribution in [0.15, 0.2) is 24.8 Å². The van der Waals surface area contributed by atoms with Gasteiger partial charge in [-0.2, -0.15) is 0 Å². The van der Waals surface area contributed by atoms with Gasteiger partial charge in [0.15, 0.2) is 0 Å². The van der Waals surface area contributed by atoms with Crippen LogP contribution >= 0.6 is 0 Å². The zero-order valence-corrected chi connectivity index (χ0v) is 8.91. The first-order chi connectivity index (χ1) is 7.06. The first kappa shape index (κ1) is 11.3. The Kier molecular flexibility index (Phi) is 3.50. The summed E-state index contributed by atoms with van der Waals surface area (Å²) >= 11 is 0. The lowest BCUT2D eigenvalue weighted by Gasteiger charge is -2.10. The summed E-state index contributed by atoms with van der Waals surface area (Å²) in [5.74, 6) is -0.349. The fourth-order valence-electron chi connectivity index (χ4n) is 1.36. The van der Waals surface area contributed by atoms with Crippen molar-refractivity contribution in [3.63, 3.8) is 0 Å². The molecule has 15 heavy (non-hydrogen) atoms. The Labute approximate surface area is 89.0 Å². The van der Waals surface area contributed by atoms with Gasteiger partial charge in [-0.1, -0.05) is 12.6 Å². The Balaban J connectivity index is 3.03. The summed E-state index contributed by atoms with van der Waals surface area (Å²) in [7, 11) is 0. The topological polar surface area (TPSA) is 46.5 Å². The van der Waals surface area contributed by atoms with Crippen molar-refractivity contribution in [1.29, 1.82) is 0 Å². The van der Waals surface area contributed by atoms with E-state index in [1.165, 1.54) is 0 Å². The molecule has 0 aliphatic rings. The van der Waals surface area contributed by atoms with Crippen molar-refractivity contribution in [2.75, 3.05) is 6.61 Å². The predicted molar refractivity (Wildman–Crippen MR) is 58.8 cm³/mol. The largest absolute Gasteiger partial charge is 0.494 e. The molecule has 0 amide bonds. The van der Waals surface area contributed by atoms with Crippen molar-refractivity contribution in [1.82, 2.24) is 0 Å². The van der Waals surface area contributed by atoms with E-state index in [2.05, 4.69) is 6.58 Å². The summed E-state index contributed by atoms with van der Waals surface area (Å²) in [5, 5.41) is 8.79. The molecule has 80 valence electrons. The molecule has 0 saturated carbocycles. The van der Waals surface area contributed by atoms with Gasteiger partial charge in [0.1, 0.15) is 5.76 Å². The first-order valence-electron chi connectivity index (χ1n) is 4.72. The average molecular weight is 206 g/mol. The van der Waals surface area contributed by atoms with Crippen molar-refractivity contribution < 1.29 is 14.6 Å². The predicted octanol–water partition coefficient (Wildman–Crippen LogP) is 2.70. The molecule has 0 aromatic heterocycles. The molecule has 3 heteroatoms. The third-order valence-electron chi connectivity index (χ3n) is 2.09. The Hall–Kier alpha value is -1.77. The van der Waals surface area contributed by atoms with Gasteiger partial charge in [0, 0.05) is 5.56 Å². The average Bonchev–Trinajstić information content (AvgIpc) is 2.17. The van der Waals surface area contributed by atoms with Crippen LogP contribution < -0.4 is 0 Å². The minimum atomic E-state index is -0.924. The summed E-state index contributed by atoms with van der Waals surface area (Å²) in [4.78, 5) is 10.7. The molecule has 3 nitrogen and oxygen atoms in total. The lowest BCUT2D eigenvalue weighted by Crippen LogP contribution is -1.99. The van der Waals surface area contributed by atoms with Gasteiger partial charge in [0.05, 0.1) is 12.2 Å². The third kappa shape index (κ3) is 2.59. The third-order valence-corrected chi connectivity index (χ3v) is 2.09. The van der Waals surface area contributed by atoms with E-state index < -0.39 is 5.97 Å². The van der Waals surface area contributed by atoms with E-state index in [4.69, 9.17) is 9.84 Å². The molecule has 0 fully saturated rings. The minimum absolute atomic E-state index is 0.278. The fourth-order valence-corrected chi connectivity index (χ4v) is 1.36. The maximum absolute atomic E-state index is 10.7. The number of hydrogen-bond donors (Lipinski definition) is 1. The van der Waals surface area contributed by atoms with Gasteiger partial charge in [-0.05, 0) is 31.5 Å². The molecule has 0 bridgehead atoms. The molecular weight excluding hydrogens is 192 g/mol. The zero-order valence-electron chi connectivity index (χ0n) is 8.91. The van der Waals surface area contributed by atoms with Gasteiger partial charge < -0.3 is 9.84 Å². The number of carbonyl (C=O) groups is 1. The number of aryl methyl sites for hydroxylation is 1. The van der Waals surface area contributed by atoms with Crippen molar-refractivity contribution >= 4 is 11.7 Å². The number of hydrogen-bond acceptors (Lipinski definition) is 2. The van der Waals surface area contributed by atoms with Gasteiger partial charge >= 0.3 is 5.97 Å². The lowest BCUT2D eigenvalue weighted by atomic mass is 10.0. The Bertz CT molecular complexity index is 394. The second-order valence-electron chi connectivity index (χ2n) is 3.19. The monoisotopic (exact) mass is 206 g/mol. The normalized spacial score (nSPS) is 9.73. The van der Waals surface area contributed by atoms with Crippen LogP contribution in [0.2, 0.25) is 0 Å². The number of carboxylic acids is 1. The molecule has 1 rings (SSSR count). The Morgan fingerprint density at radius 1 is 1.53 bits per heavy atom. The Morgan fingerprint density at radius 2 is 2.20 bits per heavy atom. The summed E-state index contributed by atoms with van der Waals surface area (Å²) in [6.45, 7) is 8.06. The maximum Gasteiger partial charge on any atom is 0.335 e. The highest BCUT2D eigenvalue weighted by atomic mass is 16.5. The van der Waals surface area contributed by atoms with Crippen LogP contribution in [0, 0.1) is 6.92 Å². The lowest BCUT2D eigenvalue weighted by molar-refractivity contribution is 0.0696. The van der Waals surface area contributed by atoms with Gasteiger partial charge in [-0.15, -0.1) is 0 Å². The van der Waals surface area contributed by atoms with Crippen molar-refractivity contribution in [3.8, 4) is 0 Å². The standard InChI is InChI=1S/C12H14O3/c1-4-15-9(3)11-6-5-10(12(13)14)7-8(11)2/h5-7H,3-4H2,1-2H3,(H,13,14). The summed E-state index contributed by atoms with van der Waals surface area (Å²) in [5.41, 5.74) is 1.98. The second-order valence-corrected chi connectivity index (χ2v) is 3.19. The van der Waals surface area contributed by atoms with E-state index in [0.29, 0.717) is 12.4 Å². The van der Waals surface area contributed by atoms with E-state index in [9.17, 15) is 4.79 Å². The van der Waals surface area contributed by atoms with Gasteiger partial charge in [0.2, 0.25) is 0 Å².